The van der Waals surface area contributed by atoms with Crippen molar-refractivity contribution < 1.29 is 14.3 Å². The molecule has 0 radical (unpaired) electrons. The molecule has 0 fully saturated rings. The number of esters is 1. The quantitative estimate of drug-likeness (QED) is 0.371. The Kier molecular flexibility index (Phi) is 6.31. The second-order valence-electron chi connectivity index (χ2n) is 6.30. The zero-order valence-electron chi connectivity index (χ0n) is 15.8. The van der Waals surface area contributed by atoms with Gasteiger partial charge in [-0.05, 0) is 30.3 Å². The lowest BCUT2D eigenvalue weighted by Gasteiger charge is -2.05. The maximum atomic E-state index is 12.2. The average molecular weight is 473 g/mol. The van der Waals surface area contributed by atoms with Crippen LogP contribution in [0.1, 0.15) is 10.4 Å². The molecule has 2 heterocycles. The third kappa shape index (κ3) is 5.11. The van der Waals surface area contributed by atoms with Gasteiger partial charge in [0.25, 0.3) is 5.91 Å². The van der Waals surface area contributed by atoms with Gasteiger partial charge < -0.3 is 9.72 Å². The van der Waals surface area contributed by atoms with Crippen LogP contribution in [0.25, 0.3) is 22.6 Å². The first-order chi connectivity index (χ1) is 15.0. The van der Waals surface area contributed by atoms with Crippen molar-refractivity contribution in [2.24, 2.45) is 0 Å². The standard InChI is InChI=1S/C21H14Cl2N4O3S/c22-14-5-6-15(16(23)9-14)17-11-31-21(26-17)27-18(28)10-30-20(29)13-3-1-12(2-4-13)19-24-7-8-25-19/h1-9,11H,10H2,(H,24,25)(H,26,27,28). The maximum Gasteiger partial charge on any atom is 0.338 e. The van der Waals surface area contributed by atoms with Gasteiger partial charge >= 0.3 is 5.97 Å². The second kappa shape index (κ2) is 9.30. The molecule has 0 bridgehead atoms. The molecule has 0 aliphatic carbocycles. The summed E-state index contributed by atoms with van der Waals surface area (Å²) in [5.41, 5.74) is 2.47. The molecule has 156 valence electrons. The number of hydrogen-bond donors (Lipinski definition) is 2. The Balaban J connectivity index is 1.32. The van der Waals surface area contributed by atoms with Crippen LogP contribution in [0.15, 0.2) is 60.2 Å². The minimum absolute atomic E-state index is 0.331. The van der Waals surface area contributed by atoms with Gasteiger partial charge in [0.2, 0.25) is 0 Å². The molecule has 4 rings (SSSR count). The van der Waals surface area contributed by atoms with Crippen molar-refractivity contribution in [1.29, 1.82) is 0 Å². The van der Waals surface area contributed by atoms with E-state index in [1.807, 2.05) is 0 Å². The summed E-state index contributed by atoms with van der Waals surface area (Å²) < 4.78 is 5.08. The first kappa shape index (κ1) is 21.0. The van der Waals surface area contributed by atoms with E-state index < -0.39 is 18.5 Å². The van der Waals surface area contributed by atoms with Crippen molar-refractivity contribution in [2.45, 2.75) is 0 Å². The van der Waals surface area contributed by atoms with Crippen LogP contribution in [0.4, 0.5) is 5.13 Å². The van der Waals surface area contributed by atoms with E-state index in [1.54, 1.807) is 60.2 Å². The van der Waals surface area contributed by atoms with Crippen molar-refractivity contribution in [1.82, 2.24) is 15.0 Å². The van der Waals surface area contributed by atoms with Gasteiger partial charge in [0.05, 0.1) is 16.3 Å². The number of aromatic amines is 1. The summed E-state index contributed by atoms with van der Waals surface area (Å²) in [5, 5.41) is 5.72. The molecular formula is C21H14Cl2N4O3S. The monoisotopic (exact) mass is 472 g/mol. The SMILES string of the molecule is O=C(COC(=O)c1ccc(-c2ncc[nH]2)cc1)Nc1nc(-c2ccc(Cl)cc2Cl)cs1. The smallest absolute Gasteiger partial charge is 0.338 e. The van der Waals surface area contributed by atoms with Crippen LogP contribution in [0.3, 0.4) is 0 Å². The van der Waals surface area contributed by atoms with E-state index in [1.165, 1.54) is 11.3 Å². The topological polar surface area (TPSA) is 97.0 Å². The van der Waals surface area contributed by atoms with E-state index in [2.05, 4.69) is 20.3 Å². The maximum absolute atomic E-state index is 12.2. The normalized spacial score (nSPS) is 10.6. The number of hydrogen-bond acceptors (Lipinski definition) is 6. The first-order valence-corrected chi connectivity index (χ1v) is 10.6. The molecule has 0 atom stereocenters. The fourth-order valence-corrected chi connectivity index (χ4v) is 3.94. The lowest BCUT2D eigenvalue weighted by Crippen LogP contribution is -2.20. The largest absolute Gasteiger partial charge is 0.452 e. The molecule has 2 aromatic carbocycles. The fourth-order valence-electron chi connectivity index (χ4n) is 2.71. The van der Waals surface area contributed by atoms with E-state index in [0.717, 1.165) is 5.56 Å². The number of rotatable bonds is 6. The zero-order valence-corrected chi connectivity index (χ0v) is 18.1. The van der Waals surface area contributed by atoms with Crippen LogP contribution in [0, 0.1) is 0 Å². The zero-order chi connectivity index (χ0) is 21.8. The molecule has 2 aromatic heterocycles. The van der Waals surface area contributed by atoms with Crippen molar-refractivity contribution in [3.05, 3.63) is 75.8 Å². The number of ether oxygens (including phenoxy) is 1. The summed E-state index contributed by atoms with van der Waals surface area (Å²) in [4.78, 5) is 35.8. The molecule has 0 aliphatic heterocycles. The number of imidazole rings is 1. The van der Waals surface area contributed by atoms with Gasteiger partial charge in [0.1, 0.15) is 5.82 Å². The molecule has 0 unspecified atom stereocenters. The van der Waals surface area contributed by atoms with Gasteiger partial charge in [-0.15, -0.1) is 11.3 Å². The van der Waals surface area contributed by atoms with Crippen molar-refractivity contribution in [3.63, 3.8) is 0 Å². The van der Waals surface area contributed by atoms with Gasteiger partial charge in [0, 0.05) is 33.9 Å². The summed E-state index contributed by atoms with van der Waals surface area (Å²) in [6, 6.07) is 11.8. The number of carbonyl (C=O) groups excluding carboxylic acids is 2. The Bertz CT molecular complexity index is 1220. The molecule has 1 amide bonds. The van der Waals surface area contributed by atoms with Crippen LogP contribution < -0.4 is 5.32 Å². The number of nitrogens with zero attached hydrogens (tertiary/aromatic N) is 2. The Hall–Kier alpha value is -3.20. The summed E-state index contributed by atoms with van der Waals surface area (Å²) in [6.07, 6.45) is 3.36. The summed E-state index contributed by atoms with van der Waals surface area (Å²) in [7, 11) is 0. The molecule has 0 saturated carbocycles. The highest BCUT2D eigenvalue weighted by Gasteiger charge is 2.14. The third-order valence-electron chi connectivity index (χ3n) is 4.18. The van der Waals surface area contributed by atoms with E-state index >= 15 is 0 Å². The number of H-pyrrole nitrogens is 1. The minimum atomic E-state index is -0.603. The number of benzene rings is 2. The number of carbonyl (C=O) groups is 2. The molecule has 0 saturated heterocycles. The molecule has 0 spiro atoms. The number of anilines is 1. The van der Waals surface area contributed by atoms with Gasteiger partial charge in [-0.3, -0.25) is 10.1 Å². The van der Waals surface area contributed by atoms with Crippen LogP contribution >= 0.6 is 34.5 Å². The number of halogens is 2. The van der Waals surface area contributed by atoms with Crippen LogP contribution in [-0.2, 0) is 9.53 Å². The van der Waals surface area contributed by atoms with E-state index in [-0.39, 0.29) is 0 Å². The van der Waals surface area contributed by atoms with Crippen molar-refractivity contribution in [3.8, 4) is 22.6 Å². The van der Waals surface area contributed by atoms with Crippen LogP contribution in [-0.4, -0.2) is 33.4 Å². The second-order valence-corrected chi connectivity index (χ2v) is 8.00. The Morgan fingerprint density at radius 2 is 1.94 bits per heavy atom. The van der Waals surface area contributed by atoms with Crippen LogP contribution in [0.2, 0.25) is 10.0 Å². The van der Waals surface area contributed by atoms with E-state index in [9.17, 15) is 9.59 Å². The van der Waals surface area contributed by atoms with Crippen molar-refractivity contribution >= 4 is 51.5 Å². The number of nitrogens with one attached hydrogen (secondary N) is 2. The molecule has 10 heteroatoms. The van der Waals surface area contributed by atoms with Gasteiger partial charge in [-0.1, -0.05) is 35.3 Å². The predicted molar refractivity (Wildman–Crippen MR) is 121 cm³/mol. The predicted octanol–water partition coefficient (Wildman–Crippen LogP) is 5.30. The third-order valence-corrected chi connectivity index (χ3v) is 5.49. The van der Waals surface area contributed by atoms with E-state index in [0.29, 0.717) is 37.8 Å². The highest BCUT2D eigenvalue weighted by molar-refractivity contribution is 7.14. The number of thiazole rings is 1. The van der Waals surface area contributed by atoms with Gasteiger partial charge in [0.15, 0.2) is 11.7 Å². The average Bonchev–Trinajstić information content (AvgIpc) is 3.45. The molecule has 7 nitrogen and oxygen atoms in total. The number of amides is 1. The first-order valence-electron chi connectivity index (χ1n) is 8.97. The van der Waals surface area contributed by atoms with Crippen molar-refractivity contribution in [2.75, 3.05) is 11.9 Å². The van der Waals surface area contributed by atoms with Crippen LogP contribution in [0.5, 0.6) is 0 Å². The Labute approximate surface area is 191 Å². The number of aromatic nitrogens is 3. The Morgan fingerprint density at radius 3 is 2.65 bits per heavy atom. The lowest BCUT2D eigenvalue weighted by molar-refractivity contribution is -0.119. The van der Waals surface area contributed by atoms with Gasteiger partial charge in [-0.25, -0.2) is 14.8 Å². The molecule has 31 heavy (non-hydrogen) atoms. The lowest BCUT2D eigenvalue weighted by atomic mass is 10.1. The summed E-state index contributed by atoms with van der Waals surface area (Å²) >= 11 is 13.3. The summed E-state index contributed by atoms with van der Waals surface area (Å²) in [6.45, 7) is -0.435. The molecule has 2 N–H and O–H groups in total. The highest BCUT2D eigenvalue weighted by Crippen LogP contribution is 2.32. The molecule has 0 aliphatic rings. The highest BCUT2D eigenvalue weighted by atomic mass is 35.5. The molecular weight excluding hydrogens is 459 g/mol. The minimum Gasteiger partial charge on any atom is -0.452 e. The molecule has 4 aromatic rings. The summed E-state index contributed by atoms with van der Waals surface area (Å²) in [5.74, 6) is -0.403. The van der Waals surface area contributed by atoms with E-state index in [4.69, 9.17) is 27.9 Å². The fraction of sp³-hybridized carbons (Fsp3) is 0.0476. The van der Waals surface area contributed by atoms with Gasteiger partial charge in [-0.2, -0.15) is 0 Å². The Morgan fingerprint density at radius 1 is 1.13 bits per heavy atom.